The Kier molecular flexibility index (Phi) is 7.57. The SMILES string of the molecule is COC(=O)c1c(C)cccc1C(O)(OCc1nc(-c2cccc(OC)c2)oc1C)C1CCCCC1. The number of carbonyl (C=O) groups is 1. The van der Waals surface area contributed by atoms with Crippen molar-refractivity contribution in [3.63, 3.8) is 0 Å². The highest BCUT2D eigenvalue weighted by Crippen LogP contribution is 2.43. The van der Waals surface area contributed by atoms with Gasteiger partial charge in [0, 0.05) is 17.0 Å². The fourth-order valence-electron chi connectivity index (χ4n) is 4.87. The summed E-state index contributed by atoms with van der Waals surface area (Å²) < 4.78 is 22.6. The van der Waals surface area contributed by atoms with Crippen LogP contribution in [-0.4, -0.2) is 30.3 Å². The molecule has 1 N–H and O–H groups in total. The number of benzene rings is 2. The van der Waals surface area contributed by atoms with E-state index >= 15 is 0 Å². The van der Waals surface area contributed by atoms with Crippen LogP contribution in [0.1, 0.15) is 65.0 Å². The summed E-state index contributed by atoms with van der Waals surface area (Å²) in [5, 5.41) is 12.1. The normalized spacial score (nSPS) is 16.0. The van der Waals surface area contributed by atoms with Crippen molar-refractivity contribution in [2.24, 2.45) is 5.92 Å². The molecule has 0 amide bonds. The molecular weight excluding hydrogens is 446 g/mol. The first kappa shape index (κ1) is 24.9. The second kappa shape index (κ2) is 10.6. The smallest absolute Gasteiger partial charge is 0.338 e. The van der Waals surface area contributed by atoms with E-state index in [1.54, 1.807) is 13.2 Å². The molecule has 7 heteroatoms. The lowest BCUT2D eigenvalue weighted by molar-refractivity contribution is -0.260. The summed E-state index contributed by atoms with van der Waals surface area (Å²) in [5.74, 6) is -0.562. The van der Waals surface area contributed by atoms with Gasteiger partial charge in [-0.3, -0.25) is 0 Å². The minimum Gasteiger partial charge on any atom is -0.497 e. The van der Waals surface area contributed by atoms with Crippen LogP contribution in [0.25, 0.3) is 11.5 Å². The van der Waals surface area contributed by atoms with Crippen molar-refractivity contribution < 1.29 is 28.5 Å². The zero-order chi connectivity index (χ0) is 25.0. The van der Waals surface area contributed by atoms with Crippen molar-refractivity contribution in [1.82, 2.24) is 4.98 Å². The predicted molar refractivity (Wildman–Crippen MR) is 131 cm³/mol. The maximum atomic E-state index is 12.7. The molecule has 4 rings (SSSR count). The first-order chi connectivity index (χ1) is 16.9. The van der Waals surface area contributed by atoms with Gasteiger partial charge in [-0.05, 0) is 50.5 Å². The Bertz CT molecular complexity index is 1180. The zero-order valence-corrected chi connectivity index (χ0v) is 20.8. The van der Waals surface area contributed by atoms with Crippen molar-refractivity contribution in [3.8, 4) is 17.2 Å². The molecular formula is C28H33NO6. The molecule has 2 aromatic carbocycles. The van der Waals surface area contributed by atoms with E-state index in [9.17, 15) is 9.90 Å². The summed E-state index contributed by atoms with van der Waals surface area (Å²) in [7, 11) is 2.96. The molecule has 0 aliphatic heterocycles. The Morgan fingerprint density at radius 1 is 1.11 bits per heavy atom. The van der Waals surface area contributed by atoms with Crippen LogP contribution in [0.5, 0.6) is 5.75 Å². The third kappa shape index (κ3) is 5.11. The van der Waals surface area contributed by atoms with E-state index in [0.717, 1.165) is 43.2 Å². The summed E-state index contributed by atoms with van der Waals surface area (Å²) in [5.41, 5.74) is 2.88. The topological polar surface area (TPSA) is 91.0 Å². The minimum absolute atomic E-state index is 0.0286. The second-order valence-corrected chi connectivity index (χ2v) is 9.06. The lowest BCUT2D eigenvalue weighted by Gasteiger charge is -2.39. The van der Waals surface area contributed by atoms with Crippen LogP contribution in [0.4, 0.5) is 0 Å². The first-order valence-corrected chi connectivity index (χ1v) is 12.0. The summed E-state index contributed by atoms with van der Waals surface area (Å²) in [6.45, 7) is 3.68. The number of hydrogen-bond donors (Lipinski definition) is 1. The van der Waals surface area contributed by atoms with Gasteiger partial charge >= 0.3 is 5.97 Å². The second-order valence-electron chi connectivity index (χ2n) is 9.06. The fraction of sp³-hybridized carbons (Fsp3) is 0.429. The van der Waals surface area contributed by atoms with E-state index in [1.807, 2.05) is 50.2 Å². The van der Waals surface area contributed by atoms with Gasteiger partial charge in [0.05, 0.1) is 26.4 Å². The number of aryl methyl sites for hydroxylation is 2. The van der Waals surface area contributed by atoms with Crippen molar-refractivity contribution in [1.29, 1.82) is 0 Å². The molecule has 1 saturated carbocycles. The minimum atomic E-state index is -1.67. The van der Waals surface area contributed by atoms with E-state index in [1.165, 1.54) is 7.11 Å². The molecule has 1 atom stereocenters. The van der Waals surface area contributed by atoms with Crippen LogP contribution in [0.15, 0.2) is 46.9 Å². The number of ether oxygens (including phenoxy) is 3. The average molecular weight is 480 g/mol. The molecule has 1 heterocycles. The van der Waals surface area contributed by atoms with Gasteiger partial charge in [0.15, 0.2) is 5.79 Å². The number of nitrogens with zero attached hydrogens (tertiary/aromatic N) is 1. The van der Waals surface area contributed by atoms with Gasteiger partial charge in [-0.15, -0.1) is 0 Å². The Morgan fingerprint density at radius 2 is 1.86 bits per heavy atom. The Balaban J connectivity index is 1.68. The van der Waals surface area contributed by atoms with Crippen molar-refractivity contribution >= 4 is 5.97 Å². The van der Waals surface area contributed by atoms with Gasteiger partial charge in [0.2, 0.25) is 5.89 Å². The van der Waals surface area contributed by atoms with Crippen molar-refractivity contribution in [3.05, 3.63) is 70.6 Å². The molecule has 186 valence electrons. The van der Waals surface area contributed by atoms with Gasteiger partial charge in [-0.25, -0.2) is 9.78 Å². The number of esters is 1. The highest BCUT2D eigenvalue weighted by atomic mass is 16.6. The van der Waals surface area contributed by atoms with E-state index < -0.39 is 11.8 Å². The summed E-state index contributed by atoms with van der Waals surface area (Å²) in [6.07, 6.45) is 4.73. The maximum absolute atomic E-state index is 12.7. The largest absolute Gasteiger partial charge is 0.497 e. The Labute approximate surface area is 206 Å². The molecule has 1 unspecified atom stereocenters. The number of rotatable bonds is 8. The van der Waals surface area contributed by atoms with Crippen LogP contribution in [0.2, 0.25) is 0 Å². The summed E-state index contributed by atoms with van der Waals surface area (Å²) >= 11 is 0. The molecule has 35 heavy (non-hydrogen) atoms. The fourth-order valence-corrected chi connectivity index (χ4v) is 4.87. The number of hydrogen-bond acceptors (Lipinski definition) is 7. The number of aliphatic hydroxyl groups is 1. The number of carbonyl (C=O) groups excluding carboxylic acids is 1. The molecule has 7 nitrogen and oxygen atoms in total. The Hall–Kier alpha value is -3.16. The molecule has 0 saturated heterocycles. The highest BCUT2D eigenvalue weighted by molar-refractivity contribution is 5.93. The van der Waals surface area contributed by atoms with E-state index in [0.29, 0.717) is 34.2 Å². The third-order valence-electron chi connectivity index (χ3n) is 6.85. The lowest BCUT2D eigenvalue weighted by atomic mass is 9.78. The van der Waals surface area contributed by atoms with Gasteiger partial charge < -0.3 is 23.7 Å². The number of oxazole rings is 1. The summed E-state index contributed by atoms with van der Waals surface area (Å²) in [4.78, 5) is 17.3. The number of methoxy groups -OCH3 is 2. The lowest BCUT2D eigenvalue weighted by Crippen LogP contribution is -2.40. The standard InChI is InChI=1S/C28H33NO6/c1-18-10-8-15-23(25(18)27(30)33-4)28(31,21-12-6-5-7-13-21)34-17-24-19(2)35-26(29-24)20-11-9-14-22(16-20)32-3/h8-11,14-16,21,31H,5-7,12-13,17H2,1-4H3. The van der Waals surface area contributed by atoms with E-state index in [4.69, 9.17) is 18.6 Å². The molecule has 3 aromatic rings. The van der Waals surface area contributed by atoms with Gasteiger partial charge in [-0.2, -0.15) is 0 Å². The molecule has 1 aliphatic rings. The van der Waals surface area contributed by atoms with Crippen LogP contribution >= 0.6 is 0 Å². The van der Waals surface area contributed by atoms with Crippen LogP contribution < -0.4 is 4.74 Å². The van der Waals surface area contributed by atoms with Crippen molar-refractivity contribution in [2.75, 3.05) is 14.2 Å². The van der Waals surface area contributed by atoms with Crippen molar-refractivity contribution in [2.45, 2.75) is 58.3 Å². The van der Waals surface area contributed by atoms with Crippen LogP contribution in [0, 0.1) is 19.8 Å². The zero-order valence-electron chi connectivity index (χ0n) is 20.8. The molecule has 0 spiro atoms. The van der Waals surface area contributed by atoms with E-state index in [-0.39, 0.29) is 12.5 Å². The van der Waals surface area contributed by atoms with Gasteiger partial charge in [0.25, 0.3) is 0 Å². The Morgan fingerprint density at radius 3 is 2.57 bits per heavy atom. The maximum Gasteiger partial charge on any atom is 0.338 e. The van der Waals surface area contributed by atoms with Crippen LogP contribution in [0.3, 0.4) is 0 Å². The van der Waals surface area contributed by atoms with Gasteiger partial charge in [-0.1, -0.05) is 43.5 Å². The average Bonchev–Trinajstić information content (AvgIpc) is 3.27. The highest BCUT2D eigenvalue weighted by Gasteiger charge is 2.43. The quantitative estimate of drug-likeness (QED) is 0.327. The number of aromatic nitrogens is 1. The predicted octanol–water partition coefficient (Wildman–Crippen LogP) is 5.70. The molecule has 1 fully saturated rings. The first-order valence-electron chi connectivity index (χ1n) is 12.0. The summed E-state index contributed by atoms with van der Waals surface area (Å²) in [6, 6.07) is 12.9. The van der Waals surface area contributed by atoms with Crippen LogP contribution in [-0.2, 0) is 21.9 Å². The molecule has 1 aromatic heterocycles. The monoisotopic (exact) mass is 479 g/mol. The molecule has 0 bridgehead atoms. The van der Waals surface area contributed by atoms with E-state index in [2.05, 4.69) is 4.98 Å². The molecule has 0 radical (unpaired) electrons. The third-order valence-corrected chi connectivity index (χ3v) is 6.85. The van der Waals surface area contributed by atoms with Gasteiger partial charge in [0.1, 0.15) is 17.2 Å². The molecule has 1 aliphatic carbocycles.